The van der Waals surface area contributed by atoms with E-state index in [0.29, 0.717) is 5.17 Å². The third-order valence-electron chi connectivity index (χ3n) is 3.14. The summed E-state index contributed by atoms with van der Waals surface area (Å²) < 4.78 is 37.5. The molecule has 1 fully saturated rings. The van der Waals surface area contributed by atoms with Crippen LogP contribution in [0.5, 0.6) is 0 Å². The van der Waals surface area contributed by atoms with E-state index in [1.807, 2.05) is 11.8 Å². The van der Waals surface area contributed by atoms with E-state index in [-0.39, 0.29) is 6.04 Å². The van der Waals surface area contributed by atoms with E-state index in [4.69, 9.17) is 5.26 Å². The average Bonchev–Trinajstić information content (AvgIpc) is 2.86. The van der Waals surface area contributed by atoms with Crippen molar-refractivity contribution in [1.82, 2.24) is 4.90 Å². The van der Waals surface area contributed by atoms with Gasteiger partial charge in [-0.15, -0.1) is 4.99 Å². The number of rotatable bonds is 2. The van der Waals surface area contributed by atoms with Crippen molar-refractivity contribution in [3.8, 4) is 6.19 Å². The van der Waals surface area contributed by atoms with Crippen LogP contribution in [0.4, 0.5) is 13.2 Å². The van der Waals surface area contributed by atoms with Crippen LogP contribution >= 0.6 is 11.8 Å². The number of hydrogen-bond donors (Lipinski definition) is 0. The highest BCUT2D eigenvalue weighted by Crippen LogP contribution is 2.32. The first kappa shape index (κ1) is 14.7. The van der Waals surface area contributed by atoms with Gasteiger partial charge in [-0.1, -0.05) is 23.9 Å². The zero-order chi connectivity index (χ0) is 14.8. The number of aliphatic imine (C=N–C) groups is 1. The lowest BCUT2D eigenvalue weighted by atomic mass is 10.0. The highest BCUT2D eigenvalue weighted by Gasteiger charge is 2.31. The molecule has 1 aromatic carbocycles. The van der Waals surface area contributed by atoms with Crippen molar-refractivity contribution in [2.75, 3.05) is 12.3 Å². The molecule has 1 aliphatic heterocycles. The Hall–Kier alpha value is -1.68. The summed E-state index contributed by atoms with van der Waals surface area (Å²) in [6.45, 7) is 2.62. The van der Waals surface area contributed by atoms with E-state index >= 15 is 0 Å². The second-order valence-corrected chi connectivity index (χ2v) is 5.39. The van der Waals surface area contributed by atoms with Crippen LogP contribution in [0.15, 0.2) is 29.3 Å². The largest absolute Gasteiger partial charge is 0.416 e. The Balaban J connectivity index is 2.20. The molecule has 20 heavy (non-hydrogen) atoms. The minimum atomic E-state index is -4.32. The van der Waals surface area contributed by atoms with Gasteiger partial charge >= 0.3 is 6.18 Å². The van der Waals surface area contributed by atoms with Gasteiger partial charge in [-0.2, -0.15) is 18.4 Å². The van der Waals surface area contributed by atoms with Crippen molar-refractivity contribution in [1.29, 1.82) is 5.26 Å². The summed E-state index contributed by atoms with van der Waals surface area (Å²) in [5.74, 6) is 0.825. The zero-order valence-electron chi connectivity index (χ0n) is 10.7. The number of amidine groups is 1. The molecule has 0 spiro atoms. The maximum Gasteiger partial charge on any atom is 0.416 e. The van der Waals surface area contributed by atoms with Gasteiger partial charge in [0.15, 0.2) is 5.17 Å². The summed E-state index contributed by atoms with van der Waals surface area (Å²) in [6.07, 6.45) is -2.57. The van der Waals surface area contributed by atoms with E-state index in [2.05, 4.69) is 4.99 Å². The maximum absolute atomic E-state index is 12.5. The monoisotopic (exact) mass is 299 g/mol. The molecular formula is C13H12F3N3S. The highest BCUT2D eigenvalue weighted by atomic mass is 32.2. The van der Waals surface area contributed by atoms with E-state index < -0.39 is 11.7 Å². The van der Waals surface area contributed by atoms with Gasteiger partial charge < -0.3 is 4.90 Å². The maximum atomic E-state index is 12.5. The van der Waals surface area contributed by atoms with Gasteiger partial charge in [0.05, 0.1) is 11.6 Å². The molecular weight excluding hydrogens is 287 g/mol. The van der Waals surface area contributed by atoms with Crippen LogP contribution in [0.2, 0.25) is 0 Å². The molecule has 3 nitrogen and oxygen atoms in total. The lowest BCUT2D eigenvalue weighted by molar-refractivity contribution is -0.137. The van der Waals surface area contributed by atoms with E-state index in [9.17, 15) is 13.2 Å². The molecule has 106 valence electrons. The fourth-order valence-corrected chi connectivity index (χ4v) is 3.03. The van der Waals surface area contributed by atoms with Crippen molar-refractivity contribution in [3.05, 3.63) is 35.4 Å². The quantitative estimate of drug-likeness (QED) is 0.782. The molecule has 0 radical (unpaired) electrons. The Labute approximate surface area is 119 Å². The Bertz CT molecular complexity index is 545. The number of nitrogens with zero attached hydrogens (tertiary/aromatic N) is 3. The molecule has 0 amide bonds. The summed E-state index contributed by atoms with van der Waals surface area (Å²) >= 11 is 1.48. The standard InChI is InChI=1S/C13H12F3N3S/c1-9(19-6-7-20-12(19)18-8-17)10-2-4-11(5-3-10)13(14,15)16/h2-5,9H,6-7H2,1H3. The topological polar surface area (TPSA) is 39.4 Å². The van der Waals surface area contributed by atoms with Gasteiger partial charge in [0.2, 0.25) is 6.19 Å². The Morgan fingerprint density at radius 2 is 2.00 bits per heavy atom. The molecule has 1 saturated heterocycles. The summed E-state index contributed by atoms with van der Waals surface area (Å²) in [6, 6.07) is 4.99. The summed E-state index contributed by atoms with van der Waals surface area (Å²) in [4.78, 5) is 5.67. The molecule has 1 unspecified atom stereocenters. The molecule has 0 aliphatic carbocycles. The first-order valence-corrected chi connectivity index (χ1v) is 6.95. The van der Waals surface area contributed by atoms with Crippen LogP contribution in [-0.4, -0.2) is 22.4 Å². The third-order valence-corrected chi connectivity index (χ3v) is 4.11. The first-order chi connectivity index (χ1) is 9.43. The van der Waals surface area contributed by atoms with Gasteiger partial charge in [0.1, 0.15) is 0 Å². The van der Waals surface area contributed by atoms with Crippen LogP contribution in [0.3, 0.4) is 0 Å². The lowest BCUT2D eigenvalue weighted by Gasteiger charge is -2.26. The van der Waals surface area contributed by atoms with Crippen LogP contribution in [0.1, 0.15) is 24.1 Å². The fourth-order valence-electron chi connectivity index (χ4n) is 2.04. The predicted octanol–water partition coefficient (Wildman–Crippen LogP) is 3.65. The molecule has 0 N–H and O–H groups in total. The van der Waals surface area contributed by atoms with Crippen molar-refractivity contribution in [3.63, 3.8) is 0 Å². The minimum Gasteiger partial charge on any atom is -0.343 e. The molecule has 7 heteroatoms. The molecule has 0 bridgehead atoms. The van der Waals surface area contributed by atoms with Crippen molar-refractivity contribution >= 4 is 16.9 Å². The number of halogens is 3. The van der Waals surface area contributed by atoms with Gasteiger partial charge in [-0.25, -0.2) is 0 Å². The number of hydrogen-bond acceptors (Lipinski definition) is 3. The summed E-state index contributed by atoms with van der Waals surface area (Å²) in [7, 11) is 0. The van der Waals surface area contributed by atoms with E-state index in [1.165, 1.54) is 23.9 Å². The SMILES string of the molecule is CC(c1ccc(C(F)(F)F)cc1)N1CCSC1=NC#N. The van der Waals surface area contributed by atoms with Crippen LogP contribution in [0.25, 0.3) is 0 Å². The van der Waals surface area contributed by atoms with Crippen molar-refractivity contribution in [2.24, 2.45) is 4.99 Å². The molecule has 1 aliphatic rings. The zero-order valence-corrected chi connectivity index (χ0v) is 11.5. The molecule has 0 aromatic heterocycles. The number of nitriles is 1. The van der Waals surface area contributed by atoms with Crippen LogP contribution in [0, 0.1) is 11.5 Å². The summed E-state index contributed by atoms with van der Waals surface area (Å²) in [5, 5.41) is 9.25. The normalized spacial score (nSPS) is 19.1. The second kappa shape index (κ2) is 5.75. The number of alkyl halides is 3. The molecule has 0 saturated carbocycles. The van der Waals surface area contributed by atoms with E-state index in [0.717, 1.165) is 30.0 Å². The second-order valence-electron chi connectivity index (χ2n) is 4.33. The minimum absolute atomic E-state index is 0.112. The van der Waals surface area contributed by atoms with E-state index in [1.54, 1.807) is 6.19 Å². The molecule has 1 atom stereocenters. The Morgan fingerprint density at radius 3 is 2.55 bits per heavy atom. The predicted molar refractivity (Wildman–Crippen MR) is 72.1 cm³/mol. The van der Waals surface area contributed by atoms with Crippen molar-refractivity contribution < 1.29 is 13.2 Å². The summed E-state index contributed by atoms with van der Waals surface area (Å²) in [5.41, 5.74) is 0.112. The van der Waals surface area contributed by atoms with Gasteiger partial charge in [-0.3, -0.25) is 0 Å². The van der Waals surface area contributed by atoms with Gasteiger partial charge in [0, 0.05) is 12.3 Å². The smallest absolute Gasteiger partial charge is 0.343 e. The Morgan fingerprint density at radius 1 is 1.35 bits per heavy atom. The lowest BCUT2D eigenvalue weighted by Crippen LogP contribution is -2.27. The Kier molecular flexibility index (Phi) is 4.23. The number of benzene rings is 1. The first-order valence-electron chi connectivity index (χ1n) is 5.97. The molecule has 2 rings (SSSR count). The average molecular weight is 299 g/mol. The van der Waals surface area contributed by atoms with Gasteiger partial charge in [0.25, 0.3) is 0 Å². The number of thioether (sulfide) groups is 1. The van der Waals surface area contributed by atoms with Crippen LogP contribution < -0.4 is 0 Å². The highest BCUT2D eigenvalue weighted by molar-refractivity contribution is 8.14. The van der Waals surface area contributed by atoms with Crippen LogP contribution in [-0.2, 0) is 6.18 Å². The fraction of sp³-hybridized carbons (Fsp3) is 0.385. The molecule has 1 heterocycles. The van der Waals surface area contributed by atoms with Crippen molar-refractivity contribution in [2.45, 2.75) is 19.1 Å². The molecule has 1 aromatic rings. The van der Waals surface area contributed by atoms with Gasteiger partial charge in [-0.05, 0) is 24.6 Å². The third kappa shape index (κ3) is 3.07.